The molecule has 0 radical (unpaired) electrons. The summed E-state index contributed by atoms with van der Waals surface area (Å²) in [5, 5.41) is 19.0. The summed E-state index contributed by atoms with van der Waals surface area (Å²) in [7, 11) is 2.04. The normalized spacial score (nSPS) is 11.5. The Morgan fingerprint density at radius 2 is 1.07 bits per heavy atom. The molecule has 0 aromatic heterocycles. The van der Waals surface area contributed by atoms with Gasteiger partial charge in [0.15, 0.2) is 0 Å². The van der Waals surface area contributed by atoms with E-state index >= 15 is 0 Å². The number of allylic oxidation sites excluding steroid dienone is 2. The quantitative estimate of drug-likeness (QED) is 0.128. The predicted molar refractivity (Wildman–Crippen MR) is 124 cm³/mol. The molecule has 0 heterocycles. The van der Waals surface area contributed by atoms with E-state index in [1.807, 2.05) is 7.05 Å². The molecule has 0 unspecified atom stereocenters. The van der Waals surface area contributed by atoms with E-state index in [0.717, 1.165) is 13.0 Å². The number of rotatable bonds is 20. The number of hydrogen-bond donors (Lipinski definition) is 2. The van der Waals surface area contributed by atoms with Gasteiger partial charge >= 0.3 is 0 Å². The predicted octanol–water partition coefficient (Wildman–Crippen LogP) is 4.62. The van der Waals surface area contributed by atoms with E-state index in [0.29, 0.717) is 17.6 Å². The number of aliphatic hydroxyl groups excluding tert-OH is 2. The van der Waals surface area contributed by atoms with Crippen LogP contribution in [-0.2, 0) is 0 Å². The maximum Gasteiger partial charge on any atom is 0.139 e. The van der Waals surface area contributed by atoms with Gasteiger partial charge in [0, 0.05) is 0 Å². The van der Waals surface area contributed by atoms with Gasteiger partial charge < -0.3 is 27.1 Å². The van der Waals surface area contributed by atoms with E-state index in [1.165, 1.54) is 83.5 Å². The van der Waals surface area contributed by atoms with Gasteiger partial charge in [-0.2, -0.15) is 0 Å². The van der Waals surface area contributed by atoms with Crippen LogP contribution in [0.1, 0.15) is 96.8 Å². The average Bonchev–Trinajstić information content (AvgIpc) is 2.60. The molecule has 0 atom stereocenters. The van der Waals surface area contributed by atoms with Gasteiger partial charge in [-0.25, -0.2) is 0 Å². The van der Waals surface area contributed by atoms with E-state index in [9.17, 15) is 10.2 Å². The Labute approximate surface area is 187 Å². The molecule has 0 bridgehead atoms. The van der Waals surface area contributed by atoms with Crippen molar-refractivity contribution in [3.63, 3.8) is 0 Å². The van der Waals surface area contributed by atoms with Crippen LogP contribution < -0.4 is 12.4 Å². The molecule has 0 rings (SSSR count). The summed E-state index contributed by atoms with van der Waals surface area (Å²) >= 11 is 0. The zero-order valence-electron chi connectivity index (χ0n) is 19.3. The summed E-state index contributed by atoms with van der Waals surface area (Å²) in [6, 6.07) is 0. The molecule has 0 aromatic carbocycles. The maximum absolute atomic E-state index is 9.51. The lowest BCUT2D eigenvalue weighted by Gasteiger charge is -2.33. The van der Waals surface area contributed by atoms with E-state index < -0.39 is 0 Å². The topological polar surface area (TPSA) is 40.5 Å². The van der Waals surface area contributed by atoms with Crippen molar-refractivity contribution in [2.75, 3.05) is 26.7 Å². The molecule has 0 aliphatic carbocycles. The van der Waals surface area contributed by atoms with Crippen LogP contribution >= 0.6 is 0 Å². The van der Waals surface area contributed by atoms with Gasteiger partial charge in [-0.3, -0.25) is 0 Å². The molecule has 29 heavy (non-hydrogen) atoms. The number of quaternary nitrogens is 1. The molecule has 0 saturated heterocycles. The van der Waals surface area contributed by atoms with Crippen molar-refractivity contribution in [2.24, 2.45) is 0 Å². The van der Waals surface area contributed by atoms with Crippen LogP contribution in [-0.4, -0.2) is 41.4 Å². The summed E-state index contributed by atoms with van der Waals surface area (Å²) < 4.78 is 0.577. The molecule has 0 saturated carbocycles. The second-order valence-electron chi connectivity index (χ2n) is 8.73. The minimum Gasteiger partial charge on any atom is -1.00 e. The molecule has 4 heteroatoms. The fourth-order valence-corrected chi connectivity index (χ4v) is 3.84. The van der Waals surface area contributed by atoms with E-state index in [1.54, 1.807) is 0 Å². The Morgan fingerprint density at radius 1 is 0.690 bits per heavy atom. The van der Waals surface area contributed by atoms with Gasteiger partial charge in [0.2, 0.25) is 0 Å². The lowest BCUT2D eigenvalue weighted by molar-refractivity contribution is -0.903. The highest BCUT2D eigenvalue weighted by atomic mass is 35.5. The summed E-state index contributed by atoms with van der Waals surface area (Å²) in [5.41, 5.74) is 0. The van der Waals surface area contributed by atoms with Gasteiger partial charge in [0.05, 0.1) is 13.6 Å². The van der Waals surface area contributed by atoms with Gasteiger partial charge in [0.25, 0.3) is 0 Å². The van der Waals surface area contributed by atoms with E-state index in [-0.39, 0.29) is 23.9 Å². The van der Waals surface area contributed by atoms with E-state index in [4.69, 9.17) is 0 Å². The number of unbranched alkanes of at least 4 members (excludes halogenated alkanes) is 12. The Balaban J connectivity index is 0. The first-order chi connectivity index (χ1) is 13.4. The first-order valence-corrected chi connectivity index (χ1v) is 11.6. The molecule has 0 aliphatic heterocycles. The van der Waals surface area contributed by atoms with Crippen LogP contribution in [0, 0.1) is 0 Å². The standard InChI is InChI=1S/C25H47NO2.ClH/c1-5-6-7-8-9-10-11-12-13-14-15-16-17-18-19-20-21-26(4,22-24(2)27)23-25(3)28;/h12-13H,2-3,5-11,14-23H2,1,4H3,(H-,27,28);1H/b13-12-;. The molecule has 0 spiro atoms. The summed E-state index contributed by atoms with van der Waals surface area (Å²) in [5.74, 6) is 0.349. The molecule has 172 valence electrons. The second kappa shape index (κ2) is 20.3. The third kappa shape index (κ3) is 21.6. The van der Waals surface area contributed by atoms with Gasteiger partial charge in [-0.1, -0.05) is 83.6 Å². The zero-order chi connectivity index (χ0) is 21.1. The largest absolute Gasteiger partial charge is 1.00 e. The van der Waals surface area contributed by atoms with Crippen molar-refractivity contribution in [2.45, 2.75) is 96.8 Å². The SMILES string of the molecule is C=C(O)C[N+](C)(CCCCCCCC/C=C\CCCCCCCC)CC(=C)O.[Cl-]. The molecule has 3 nitrogen and oxygen atoms in total. The highest BCUT2D eigenvalue weighted by Crippen LogP contribution is 2.14. The minimum atomic E-state index is 0. The monoisotopic (exact) mass is 429 g/mol. The summed E-state index contributed by atoms with van der Waals surface area (Å²) in [6.07, 6.45) is 23.0. The van der Waals surface area contributed by atoms with Crippen molar-refractivity contribution in [1.82, 2.24) is 0 Å². The highest BCUT2D eigenvalue weighted by Gasteiger charge is 2.23. The fourth-order valence-electron chi connectivity index (χ4n) is 3.84. The Hall–Kier alpha value is -0.930. The lowest BCUT2D eigenvalue weighted by atomic mass is 10.1. The Morgan fingerprint density at radius 3 is 1.48 bits per heavy atom. The third-order valence-electron chi connectivity index (χ3n) is 5.34. The van der Waals surface area contributed by atoms with Crippen molar-refractivity contribution in [3.05, 3.63) is 36.8 Å². The van der Waals surface area contributed by atoms with Crippen molar-refractivity contribution in [3.8, 4) is 0 Å². The number of halogens is 1. The van der Waals surface area contributed by atoms with Crippen molar-refractivity contribution in [1.29, 1.82) is 0 Å². The summed E-state index contributed by atoms with van der Waals surface area (Å²) in [6.45, 7) is 11.3. The molecule has 0 aliphatic rings. The van der Waals surface area contributed by atoms with Crippen LogP contribution in [0.5, 0.6) is 0 Å². The number of aliphatic hydroxyl groups is 2. The molecule has 0 fully saturated rings. The minimum absolute atomic E-state index is 0. The molecule has 0 aromatic rings. The molecule has 0 amide bonds. The molecular formula is C25H48ClNO2. The summed E-state index contributed by atoms with van der Waals surface area (Å²) in [4.78, 5) is 0. The van der Waals surface area contributed by atoms with Crippen molar-refractivity contribution >= 4 is 0 Å². The third-order valence-corrected chi connectivity index (χ3v) is 5.34. The Kier molecular flexibility index (Phi) is 21.2. The maximum atomic E-state index is 9.51. The fraction of sp³-hybridized carbons (Fsp3) is 0.760. The van der Waals surface area contributed by atoms with Crippen LogP contribution in [0.15, 0.2) is 36.8 Å². The second-order valence-corrected chi connectivity index (χ2v) is 8.73. The molecular weight excluding hydrogens is 382 g/mol. The van der Waals surface area contributed by atoms with Crippen molar-refractivity contribution < 1.29 is 27.1 Å². The first-order valence-electron chi connectivity index (χ1n) is 11.6. The van der Waals surface area contributed by atoms with Gasteiger partial charge in [-0.15, -0.1) is 0 Å². The highest BCUT2D eigenvalue weighted by molar-refractivity contribution is 4.83. The zero-order valence-corrected chi connectivity index (χ0v) is 20.1. The smallest absolute Gasteiger partial charge is 0.139 e. The number of likely N-dealkylation sites (N-methyl/N-ethyl adjacent to an activating group) is 1. The molecule has 2 N–H and O–H groups in total. The van der Waals surface area contributed by atoms with Crippen LogP contribution in [0.3, 0.4) is 0 Å². The van der Waals surface area contributed by atoms with Gasteiger partial charge in [0.1, 0.15) is 24.6 Å². The Bertz CT molecular complexity index is 419. The first kappa shape index (κ1) is 30.3. The number of hydrogen-bond acceptors (Lipinski definition) is 2. The lowest BCUT2D eigenvalue weighted by Crippen LogP contribution is -3.00. The van der Waals surface area contributed by atoms with Gasteiger partial charge in [-0.05, 0) is 38.5 Å². The van der Waals surface area contributed by atoms with Crippen LogP contribution in [0.4, 0.5) is 0 Å². The van der Waals surface area contributed by atoms with E-state index in [2.05, 4.69) is 32.2 Å². The van der Waals surface area contributed by atoms with Crippen LogP contribution in [0.2, 0.25) is 0 Å². The number of nitrogens with zero attached hydrogens (tertiary/aromatic N) is 1. The average molecular weight is 430 g/mol. The van der Waals surface area contributed by atoms with Crippen LogP contribution in [0.25, 0.3) is 0 Å².